The van der Waals surface area contributed by atoms with Crippen LogP contribution in [0.1, 0.15) is 29.3 Å². The SMILES string of the molecule is CC(Sc1cccc(NC(=O)/C(=C\c2cccc(Br)c2)NC(=O)c2ccccc2)c1)C(=O)NC1=NN(c2ccccc2)C(=O)C1. The Morgan fingerprint density at radius 3 is 2.33 bits per heavy atom. The molecule has 3 N–H and O–H groups in total. The molecule has 4 amide bonds. The van der Waals surface area contributed by atoms with Crippen LogP contribution in [0, 0.1) is 0 Å². The van der Waals surface area contributed by atoms with Crippen molar-refractivity contribution in [3.05, 3.63) is 130 Å². The van der Waals surface area contributed by atoms with Gasteiger partial charge >= 0.3 is 0 Å². The average Bonchev–Trinajstić information content (AvgIpc) is 3.41. The first kappa shape index (κ1) is 31.4. The molecule has 5 rings (SSSR count). The highest BCUT2D eigenvalue weighted by molar-refractivity contribution is 9.10. The summed E-state index contributed by atoms with van der Waals surface area (Å²) in [6, 6.07) is 32.0. The van der Waals surface area contributed by atoms with Crippen molar-refractivity contribution in [2.24, 2.45) is 5.10 Å². The van der Waals surface area contributed by atoms with E-state index in [1.54, 1.807) is 73.7 Å². The monoisotopic (exact) mass is 681 g/mol. The molecule has 4 aromatic carbocycles. The summed E-state index contributed by atoms with van der Waals surface area (Å²) in [5.74, 6) is -1.19. The van der Waals surface area contributed by atoms with Gasteiger partial charge in [0, 0.05) is 20.6 Å². The number of hydrazone groups is 1. The number of hydrogen-bond acceptors (Lipinski definition) is 6. The Hall–Kier alpha value is -5.00. The van der Waals surface area contributed by atoms with Crippen molar-refractivity contribution in [1.82, 2.24) is 10.6 Å². The Labute approximate surface area is 272 Å². The first-order chi connectivity index (χ1) is 21.7. The van der Waals surface area contributed by atoms with Crippen molar-refractivity contribution in [1.29, 1.82) is 0 Å². The molecule has 0 saturated heterocycles. The smallest absolute Gasteiger partial charge is 0.272 e. The fourth-order valence-electron chi connectivity index (χ4n) is 4.32. The second-order valence-electron chi connectivity index (χ2n) is 9.93. The van der Waals surface area contributed by atoms with E-state index in [-0.39, 0.29) is 29.8 Å². The van der Waals surface area contributed by atoms with Gasteiger partial charge in [-0.3, -0.25) is 19.2 Å². The van der Waals surface area contributed by atoms with Gasteiger partial charge in [-0.15, -0.1) is 11.8 Å². The molecule has 0 aromatic heterocycles. The number of carbonyl (C=O) groups is 4. The van der Waals surface area contributed by atoms with Crippen molar-refractivity contribution in [3.8, 4) is 0 Å². The van der Waals surface area contributed by atoms with Crippen LogP contribution in [0.2, 0.25) is 0 Å². The Bertz CT molecular complexity index is 1800. The van der Waals surface area contributed by atoms with E-state index in [9.17, 15) is 19.2 Å². The van der Waals surface area contributed by atoms with E-state index >= 15 is 0 Å². The second kappa shape index (κ2) is 14.7. The van der Waals surface area contributed by atoms with Gasteiger partial charge in [-0.25, -0.2) is 0 Å². The molecule has 9 nitrogen and oxygen atoms in total. The fraction of sp³-hybridized carbons (Fsp3) is 0.0882. The largest absolute Gasteiger partial charge is 0.321 e. The van der Waals surface area contributed by atoms with Crippen LogP contribution in [0.5, 0.6) is 0 Å². The van der Waals surface area contributed by atoms with Crippen molar-refractivity contribution in [3.63, 3.8) is 0 Å². The van der Waals surface area contributed by atoms with Crippen LogP contribution in [-0.2, 0) is 14.4 Å². The van der Waals surface area contributed by atoms with Gasteiger partial charge in [-0.05, 0) is 73.2 Å². The maximum absolute atomic E-state index is 13.4. The predicted octanol–water partition coefficient (Wildman–Crippen LogP) is 6.21. The van der Waals surface area contributed by atoms with E-state index in [0.717, 1.165) is 9.37 Å². The minimum absolute atomic E-state index is 0.00384. The van der Waals surface area contributed by atoms with Crippen LogP contribution in [-0.4, -0.2) is 34.7 Å². The molecule has 226 valence electrons. The van der Waals surface area contributed by atoms with Gasteiger partial charge in [0.25, 0.3) is 17.7 Å². The minimum Gasteiger partial charge on any atom is -0.321 e. The topological polar surface area (TPSA) is 120 Å². The molecule has 1 heterocycles. The number of benzene rings is 4. The zero-order chi connectivity index (χ0) is 31.8. The van der Waals surface area contributed by atoms with E-state index in [2.05, 4.69) is 37.0 Å². The van der Waals surface area contributed by atoms with E-state index in [4.69, 9.17) is 0 Å². The van der Waals surface area contributed by atoms with Crippen LogP contribution in [0.3, 0.4) is 0 Å². The zero-order valence-corrected chi connectivity index (χ0v) is 26.5. The van der Waals surface area contributed by atoms with Crippen molar-refractivity contribution in [2.75, 3.05) is 10.3 Å². The Morgan fingerprint density at radius 2 is 1.60 bits per heavy atom. The minimum atomic E-state index is -0.531. The molecular formula is C34H28BrN5O4S. The van der Waals surface area contributed by atoms with E-state index in [0.29, 0.717) is 22.5 Å². The molecule has 0 saturated carbocycles. The van der Waals surface area contributed by atoms with Crippen LogP contribution < -0.4 is 21.0 Å². The second-order valence-corrected chi connectivity index (χ2v) is 12.3. The van der Waals surface area contributed by atoms with Crippen molar-refractivity contribution >= 4 is 74.6 Å². The lowest BCUT2D eigenvalue weighted by Crippen LogP contribution is -2.35. The predicted molar refractivity (Wildman–Crippen MR) is 181 cm³/mol. The van der Waals surface area contributed by atoms with E-state index in [1.165, 1.54) is 16.8 Å². The molecular weight excluding hydrogens is 654 g/mol. The number of nitrogens with one attached hydrogen (secondary N) is 3. The highest BCUT2D eigenvalue weighted by Gasteiger charge is 2.27. The third kappa shape index (κ3) is 8.55. The number of anilines is 2. The molecule has 11 heteroatoms. The fourth-order valence-corrected chi connectivity index (χ4v) is 5.67. The molecule has 45 heavy (non-hydrogen) atoms. The molecule has 0 spiro atoms. The maximum atomic E-state index is 13.4. The molecule has 1 unspecified atom stereocenters. The summed E-state index contributed by atoms with van der Waals surface area (Å²) in [6.45, 7) is 1.75. The number of amides is 4. The normalized spacial score (nSPS) is 13.6. The van der Waals surface area contributed by atoms with Gasteiger partial charge in [-0.1, -0.05) is 70.5 Å². The summed E-state index contributed by atoms with van der Waals surface area (Å²) < 4.78 is 0.827. The van der Waals surface area contributed by atoms with Gasteiger partial charge in [0.15, 0.2) is 0 Å². The van der Waals surface area contributed by atoms with Crippen LogP contribution in [0.25, 0.3) is 6.08 Å². The van der Waals surface area contributed by atoms with Crippen molar-refractivity contribution < 1.29 is 19.2 Å². The van der Waals surface area contributed by atoms with Crippen LogP contribution in [0.4, 0.5) is 11.4 Å². The van der Waals surface area contributed by atoms with E-state index < -0.39 is 17.1 Å². The summed E-state index contributed by atoms with van der Waals surface area (Å²) >= 11 is 4.72. The van der Waals surface area contributed by atoms with Crippen molar-refractivity contribution in [2.45, 2.75) is 23.5 Å². The molecule has 4 aromatic rings. The van der Waals surface area contributed by atoms with Gasteiger partial charge in [0.1, 0.15) is 11.5 Å². The highest BCUT2D eigenvalue weighted by Crippen LogP contribution is 2.27. The average molecular weight is 683 g/mol. The van der Waals surface area contributed by atoms with Gasteiger partial charge in [0.05, 0.1) is 17.4 Å². The Morgan fingerprint density at radius 1 is 0.889 bits per heavy atom. The Balaban J connectivity index is 1.25. The molecule has 1 aliphatic rings. The standard InChI is InChI=1S/C34H28BrN5O4S/c1-22(32(42)38-30-21-31(41)40(39-30)27-15-6-3-7-16-27)45-28-17-9-14-26(20-28)36-34(44)29(19-23-10-8-13-25(35)18-23)37-33(43)24-11-4-2-5-12-24/h2-20,22H,21H2,1H3,(H,36,44)(H,37,43)(H,38,39,42)/b29-19+. The number of hydrogen-bond donors (Lipinski definition) is 3. The summed E-state index contributed by atoms with van der Waals surface area (Å²) in [4.78, 5) is 52.5. The summed E-state index contributed by atoms with van der Waals surface area (Å²) in [6.07, 6.45) is 1.59. The Kier molecular flexibility index (Phi) is 10.2. The lowest BCUT2D eigenvalue weighted by Gasteiger charge is -2.14. The molecule has 0 fully saturated rings. The molecule has 1 aliphatic heterocycles. The first-order valence-corrected chi connectivity index (χ1v) is 15.6. The molecule has 0 aliphatic carbocycles. The highest BCUT2D eigenvalue weighted by atomic mass is 79.9. The lowest BCUT2D eigenvalue weighted by molar-refractivity contribution is -0.119. The summed E-state index contributed by atoms with van der Waals surface area (Å²) in [5.41, 5.74) is 2.30. The number of halogens is 1. The van der Waals surface area contributed by atoms with Gasteiger partial charge in [-0.2, -0.15) is 10.1 Å². The molecule has 0 bridgehead atoms. The first-order valence-electron chi connectivity index (χ1n) is 13.9. The number of thioether (sulfide) groups is 1. The third-order valence-corrected chi connectivity index (χ3v) is 8.09. The quantitative estimate of drug-likeness (QED) is 0.143. The number of amidine groups is 1. The number of rotatable bonds is 9. The van der Waals surface area contributed by atoms with Crippen LogP contribution >= 0.6 is 27.7 Å². The molecule has 1 atom stereocenters. The summed E-state index contributed by atoms with van der Waals surface area (Å²) in [5, 5.41) is 13.4. The molecule has 0 radical (unpaired) electrons. The van der Waals surface area contributed by atoms with Crippen LogP contribution in [0.15, 0.2) is 129 Å². The third-order valence-electron chi connectivity index (χ3n) is 6.51. The number of para-hydroxylation sites is 1. The number of carbonyl (C=O) groups excluding carboxylic acids is 4. The van der Waals surface area contributed by atoms with Gasteiger partial charge < -0.3 is 16.0 Å². The van der Waals surface area contributed by atoms with Gasteiger partial charge in [0.2, 0.25) is 5.91 Å². The zero-order valence-electron chi connectivity index (χ0n) is 24.1. The lowest BCUT2D eigenvalue weighted by atomic mass is 10.1. The maximum Gasteiger partial charge on any atom is 0.272 e. The summed E-state index contributed by atoms with van der Waals surface area (Å²) in [7, 11) is 0. The number of nitrogens with zero attached hydrogens (tertiary/aromatic N) is 2. The van der Waals surface area contributed by atoms with E-state index in [1.807, 2.05) is 48.5 Å².